The molecule has 2 aromatic heterocycles. The lowest BCUT2D eigenvalue weighted by Crippen LogP contribution is -2.31. The standard InChI is InChI=1S/C28H26N6O4/c1-3-36-21-7-5-4-6-20(21)31-27(35)24-17(2)30-28-32-26(18-10-12-29-13-11-18)33-34(28)25(24)19-8-9-22-23(16-19)38-15-14-37-22/h4-13,16,25H,3,14-15H2,1-2H3,(H,31,35)(H,30,32,33). The van der Waals surface area contributed by atoms with Crippen LogP contribution in [0, 0.1) is 0 Å². The van der Waals surface area contributed by atoms with Gasteiger partial charge in [0.15, 0.2) is 17.3 Å². The van der Waals surface area contributed by atoms with Crippen molar-refractivity contribution in [2.75, 3.05) is 30.5 Å². The van der Waals surface area contributed by atoms with Crippen molar-refractivity contribution in [3.8, 4) is 28.6 Å². The zero-order valence-corrected chi connectivity index (χ0v) is 21.0. The monoisotopic (exact) mass is 510 g/mol. The fourth-order valence-corrected chi connectivity index (χ4v) is 4.65. The number of amides is 1. The summed E-state index contributed by atoms with van der Waals surface area (Å²) in [5.41, 5.74) is 3.37. The minimum atomic E-state index is -0.579. The zero-order valence-electron chi connectivity index (χ0n) is 21.0. The molecule has 0 aliphatic carbocycles. The molecule has 1 amide bonds. The van der Waals surface area contributed by atoms with Crippen molar-refractivity contribution in [1.29, 1.82) is 0 Å². The molecule has 2 aliphatic heterocycles. The smallest absolute Gasteiger partial charge is 0.255 e. The fourth-order valence-electron chi connectivity index (χ4n) is 4.65. The van der Waals surface area contributed by atoms with Crippen LogP contribution in [0.5, 0.6) is 17.2 Å². The highest BCUT2D eigenvalue weighted by molar-refractivity contribution is 6.06. The number of ether oxygens (including phenoxy) is 3. The molecule has 0 saturated carbocycles. The Morgan fingerprint density at radius 3 is 2.71 bits per heavy atom. The van der Waals surface area contributed by atoms with E-state index in [1.807, 2.05) is 68.4 Å². The lowest BCUT2D eigenvalue weighted by molar-refractivity contribution is -0.113. The Balaban J connectivity index is 1.44. The van der Waals surface area contributed by atoms with Crippen LogP contribution in [-0.4, -0.2) is 45.5 Å². The van der Waals surface area contributed by atoms with Gasteiger partial charge in [0, 0.05) is 23.7 Å². The van der Waals surface area contributed by atoms with E-state index in [9.17, 15) is 4.79 Å². The number of pyridine rings is 1. The average Bonchev–Trinajstić information content (AvgIpc) is 3.37. The number of aromatic nitrogens is 4. The fraction of sp³-hybridized carbons (Fsp3) is 0.214. The van der Waals surface area contributed by atoms with E-state index in [0.717, 1.165) is 11.1 Å². The maximum Gasteiger partial charge on any atom is 0.255 e. The van der Waals surface area contributed by atoms with E-state index < -0.39 is 6.04 Å². The SMILES string of the molecule is CCOc1ccccc1NC(=O)C1=C(C)Nc2nc(-c3ccncc3)nn2C1c1ccc2c(c1)OCCO2. The molecule has 192 valence electrons. The number of carbonyl (C=O) groups excluding carboxylic acids is 1. The molecule has 0 spiro atoms. The molecular formula is C28H26N6O4. The number of anilines is 2. The predicted octanol–water partition coefficient (Wildman–Crippen LogP) is 4.44. The van der Waals surface area contributed by atoms with E-state index in [-0.39, 0.29) is 5.91 Å². The molecule has 1 atom stereocenters. The van der Waals surface area contributed by atoms with Crippen molar-refractivity contribution in [3.05, 3.63) is 83.8 Å². The molecule has 2 aliphatic rings. The third-order valence-corrected chi connectivity index (χ3v) is 6.35. The van der Waals surface area contributed by atoms with Gasteiger partial charge in [-0.15, -0.1) is 5.10 Å². The number of hydrogen-bond acceptors (Lipinski definition) is 8. The number of benzene rings is 2. The summed E-state index contributed by atoms with van der Waals surface area (Å²) in [5, 5.41) is 11.1. The quantitative estimate of drug-likeness (QED) is 0.392. The van der Waals surface area contributed by atoms with Gasteiger partial charge >= 0.3 is 0 Å². The van der Waals surface area contributed by atoms with E-state index >= 15 is 0 Å². The second kappa shape index (κ2) is 9.89. The first-order valence-corrected chi connectivity index (χ1v) is 12.4. The van der Waals surface area contributed by atoms with E-state index in [0.29, 0.717) is 65.8 Å². The van der Waals surface area contributed by atoms with Gasteiger partial charge in [-0.3, -0.25) is 9.78 Å². The summed E-state index contributed by atoms with van der Waals surface area (Å²) in [6.45, 7) is 5.20. The third kappa shape index (κ3) is 4.30. The normalized spacial score (nSPS) is 15.9. The van der Waals surface area contributed by atoms with Gasteiger partial charge in [-0.25, -0.2) is 4.68 Å². The van der Waals surface area contributed by atoms with Gasteiger partial charge in [0.05, 0.1) is 17.9 Å². The summed E-state index contributed by atoms with van der Waals surface area (Å²) in [6, 6.07) is 16.2. The van der Waals surface area contributed by atoms with Crippen LogP contribution >= 0.6 is 0 Å². The number of para-hydroxylation sites is 2. The number of rotatable bonds is 6. The molecule has 38 heavy (non-hydrogen) atoms. The zero-order chi connectivity index (χ0) is 26.1. The largest absolute Gasteiger partial charge is 0.492 e. The Morgan fingerprint density at radius 1 is 1.11 bits per heavy atom. The summed E-state index contributed by atoms with van der Waals surface area (Å²) in [4.78, 5) is 22.7. The van der Waals surface area contributed by atoms with Crippen LogP contribution in [0.2, 0.25) is 0 Å². The highest BCUT2D eigenvalue weighted by atomic mass is 16.6. The average molecular weight is 511 g/mol. The molecule has 4 heterocycles. The van der Waals surface area contributed by atoms with Crippen LogP contribution in [-0.2, 0) is 4.79 Å². The Kier molecular flexibility index (Phi) is 6.12. The Morgan fingerprint density at radius 2 is 1.89 bits per heavy atom. The van der Waals surface area contributed by atoms with Crippen LogP contribution in [0.3, 0.4) is 0 Å². The summed E-state index contributed by atoms with van der Waals surface area (Å²) >= 11 is 0. The number of allylic oxidation sites excluding steroid dienone is 1. The van der Waals surface area contributed by atoms with Crippen molar-refractivity contribution in [2.24, 2.45) is 0 Å². The number of fused-ring (bicyclic) bond motifs is 2. The van der Waals surface area contributed by atoms with Crippen LogP contribution < -0.4 is 24.8 Å². The Labute approximate surface area is 219 Å². The number of nitrogens with one attached hydrogen (secondary N) is 2. The van der Waals surface area contributed by atoms with Gasteiger partial charge < -0.3 is 24.8 Å². The van der Waals surface area contributed by atoms with Crippen molar-refractivity contribution in [2.45, 2.75) is 19.9 Å². The third-order valence-electron chi connectivity index (χ3n) is 6.35. The van der Waals surface area contributed by atoms with E-state index in [1.165, 1.54) is 0 Å². The Bertz CT molecular complexity index is 1530. The summed E-state index contributed by atoms with van der Waals surface area (Å²) in [6.07, 6.45) is 3.39. The summed E-state index contributed by atoms with van der Waals surface area (Å²) in [5.74, 6) is 2.66. The maximum absolute atomic E-state index is 13.9. The minimum absolute atomic E-state index is 0.284. The minimum Gasteiger partial charge on any atom is -0.492 e. The van der Waals surface area contributed by atoms with Gasteiger partial charge in [-0.1, -0.05) is 18.2 Å². The van der Waals surface area contributed by atoms with Gasteiger partial charge in [0.25, 0.3) is 5.91 Å². The highest BCUT2D eigenvalue weighted by Crippen LogP contribution is 2.41. The lowest BCUT2D eigenvalue weighted by atomic mass is 9.94. The van der Waals surface area contributed by atoms with E-state index in [2.05, 4.69) is 15.6 Å². The highest BCUT2D eigenvalue weighted by Gasteiger charge is 2.35. The van der Waals surface area contributed by atoms with Crippen LogP contribution in [0.15, 0.2) is 78.3 Å². The Hall–Kier alpha value is -4.86. The first-order valence-electron chi connectivity index (χ1n) is 12.4. The van der Waals surface area contributed by atoms with Crippen molar-refractivity contribution < 1.29 is 19.0 Å². The van der Waals surface area contributed by atoms with Crippen LogP contribution in [0.25, 0.3) is 11.4 Å². The lowest BCUT2D eigenvalue weighted by Gasteiger charge is -2.29. The van der Waals surface area contributed by atoms with Crippen LogP contribution in [0.1, 0.15) is 25.5 Å². The molecule has 0 radical (unpaired) electrons. The number of hydrogen-bond donors (Lipinski definition) is 2. The second-order valence-corrected chi connectivity index (χ2v) is 8.79. The predicted molar refractivity (Wildman–Crippen MR) is 141 cm³/mol. The molecule has 0 fully saturated rings. The second-order valence-electron chi connectivity index (χ2n) is 8.79. The van der Waals surface area contributed by atoms with Crippen LogP contribution in [0.4, 0.5) is 11.6 Å². The van der Waals surface area contributed by atoms with Crippen molar-refractivity contribution >= 4 is 17.5 Å². The maximum atomic E-state index is 13.9. The van der Waals surface area contributed by atoms with Gasteiger partial charge in [-0.05, 0) is 55.8 Å². The first-order chi connectivity index (χ1) is 18.6. The topological polar surface area (TPSA) is 112 Å². The van der Waals surface area contributed by atoms with Gasteiger partial charge in [0.2, 0.25) is 5.95 Å². The van der Waals surface area contributed by atoms with Gasteiger partial charge in [0.1, 0.15) is 25.0 Å². The summed E-state index contributed by atoms with van der Waals surface area (Å²) in [7, 11) is 0. The summed E-state index contributed by atoms with van der Waals surface area (Å²) < 4.78 is 19.0. The van der Waals surface area contributed by atoms with E-state index in [1.54, 1.807) is 17.1 Å². The molecule has 10 heteroatoms. The molecule has 6 rings (SSSR count). The molecular weight excluding hydrogens is 484 g/mol. The van der Waals surface area contributed by atoms with E-state index in [4.69, 9.17) is 24.3 Å². The molecule has 2 N–H and O–H groups in total. The molecule has 0 bridgehead atoms. The van der Waals surface area contributed by atoms with Crippen molar-refractivity contribution in [3.63, 3.8) is 0 Å². The van der Waals surface area contributed by atoms with Crippen molar-refractivity contribution in [1.82, 2.24) is 19.7 Å². The number of nitrogens with zero attached hydrogens (tertiary/aromatic N) is 4. The molecule has 0 saturated heterocycles. The number of carbonyl (C=O) groups is 1. The molecule has 10 nitrogen and oxygen atoms in total. The first kappa shape index (κ1) is 23.5. The molecule has 1 unspecified atom stereocenters. The van der Waals surface area contributed by atoms with Gasteiger partial charge in [-0.2, -0.15) is 4.98 Å². The molecule has 4 aromatic rings. The molecule has 2 aromatic carbocycles.